The van der Waals surface area contributed by atoms with Gasteiger partial charge < -0.3 is 19.5 Å². The van der Waals surface area contributed by atoms with E-state index in [0.717, 1.165) is 31.7 Å². The number of Topliss-reactive ketones (excluding diaryl/α,β-unsaturated/α-hetero) is 1. The van der Waals surface area contributed by atoms with Crippen LogP contribution in [0, 0.1) is 6.92 Å². The normalized spacial score (nSPS) is 18.7. The van der Waals surface area contributed by atoms with Crippen molar-refractivity contribution < 1.29 is 19.4 Å². The molecule has 0 bridgehead atoms. The molecule has 6 heteroatoms. The van der Waals surface area contributed by atoms with E-state index in [1.165, 1.54) is 0 Å². The molecule has 0 atom stereocenters. The molecule has 4 rings (SSSR count). The summed E-state index contributed by atoms with van der Waals surface area (Å²) in [5.41, 5.74) is 2.70. The molecule has 2 aliphatic heterocycles. The Morgan fingerprint density at radius 1 is 1.21 bits per heavy atom. The number of phenols is 1. The van der Waals surface area contributed by atoms with Crippen LogP contribution in [-0.4, -0.2) is 61.0 Å². The fraction of sp³-hybridized carbons (Fsp3) is 0.348. The maximum atomic E-state index is 13.1. The first-order chi connectivity index (χ1) is 14.0. The molecule has 152 valence electrons. The van der Waals surface area contributed by atoms with Crippen LogP contribution in [0.15, 0.2) is 36.1 Å². The van der Waals surface area contributed by atoms with Gasteiger partial charge >= 0.3 is 0 Å². The summed E-state index contributed by atoms with van der Waals surface area (Å²) in [6.45, 7) is 6.16. The van der Waals surface area contributed by atoms with E-state index in [1.54, 1.807) is 19.3 Å². The van der Waals surface area contributed by atoms with Crippen molar-refractivity contribution in [2.24, 2.45) is 0 Å². The number of aryl methyl sites for hydroxylation is 1. The molecule has 0 radical (unpaired) electrons. The molecule has 2 aromatic rings. The molecule has 2 aromatic carbocycles. The maximum Gasteiger partial charge on any atom is 0.232 e. The van der Waals surface area contributed by atoms with Crippen LogP contribution in [0.2, 0.25) is 0 Å². The Morgan fingerprint density at radius 2 is 1.93 bits per heavy atom. The average Bonchev–Trinajstić information content (AvgIpc) is 3.03. The van der Waals surface area contributed by atoms with Crippen molar-refractivity contribution in [3.05, 3.63) is 58.3 Å². The molecule has 1 fully saturated rings. The Kier molecular flexibility index (Phi) is 5.30. The second-order valence-corrected chi connectivity index (χ2v) is 7.66. The predicted molar refractivity (Wildman–Crippen MR) is 112 cm³/mol. The lowest BCUT2D eigenvalue weighted by Crippen LogP contribution is -2.43. The minimum absolute atomic E-state index is 0.164. The van der Waals surface area contributed by atoms with Crippen molar-refractivity contribution in [3.63, 3.8) is 0 Å². The van der Waals surface area contributed by atoms with Gasteiger partial charge in [-0.05, 0) is 37.7 Å². The van der Waals surface area contributed by atoms with Gasteiger partial charge in [0.25, 0.3) is 0 Å². The summed E-state index contributed by atoms with van der Waals surface area (Å²) in [7, 11) is 3.70. The van der Waals surface area contributed by atoms with Gasteiger partial charge in [-0.25, -0.2) is 0 Å². The van der Waals surface area contributed by atoms with E-state index >= 15 is 0 Å². The molecular weight excluding hydrogens is 368 g/mol. The van der Waals surface area contributed by atoms with Crippen molar-refractivity contribution in [2.45, 2.75) is 13.5 Å². The van der Waals surface area contributed by atoms with E-state index in [0.29, 0.717) is 34.7 Å². The van der Waals surface area contributed by atoms with Crippen LogP contribution in [0.4, 0.5) is 0 Å². The van der Waals surface area contributed by atoms with E-state index in [-0.39, 0.29) is 17.3 Å². The number of hydrogen-bond acceptors (Lipinski definition) is 6. The second-order valence-electron chi connectivity index (χ2n) is 7.66. The highest BCUT2D eigenvalue weighted by atomic mass is 16.5. The highest BCUT2D eigenvalue weighted by Crippen LogP contribution is 2.42. The highest BCUT2D eigenvalue weighted by molar-refractivity contribution is 6.16. The third-order valence-electron chi connectivity index (χ3n) is 5.62. The number of allylic oxidation sites excluding steroid dienone is 1. The Balaban J connectivity index is 1.69. The topological polar surface area (TPSA) is 62.2 Å². The number of fused-ring (bicyclic) bond motifs is 1. The number of carbonyl (C=O) groups is 1. The van der Waals surface area contributed by atoms with Gasteiger partial charge in [0.2, 0.25) is 5.78 Å². The summed E-state index contributed by atoms with van der Waals surface area (Å²) in [6, 6.07) is 9.15. The molecule has 0 aromatic heterocycles. The summed E-state index contributed by atoms with van der Waals surface area (Å²) in [5.74, 6) is 1.41. The third kappa shape index (κ3) is 3.73. The van der Waals surface area contributed by atoms with Crippen LogP contribution in [0.25, 0.3) is 6.08 Å². The average molecular weight is 394 g/mol. The lowest BCUT2D eigenvalue weighted by atomic mass is 9.99. The molecule has 6 nitrogen and oxygen atoms in total. The molecule has 2 aliphatic rings. The quantitative estimate of drug-likeness (QED) is 0.805. The Hall–Kier alpha value is -2.83. The molecule has 0 saturated carbocycles. The van der Waals surface area contributed by atoms with Gasteiger partial charge in [0.1, 0.15) is 17.2 Å². The molecule has 0 amide bonds. The zero-order chi connectivity index (χ0) is 20.5. The van der Waals surface area contributed by atoms with Crippen LogP contribution in [0.3, 0.4) is 0 Å². The van der Waals surface area contributed by atoms with E-state index in [9.17, 15) is 9.90 Å². The molecular formula is C23H26N2O4. The van der Waals surface area contributed by atoms with Crippen LogP contribution in [-0.2, 0) is 6.54 Å². The Bertz CT molecular complexity index is 975. The number of ketones is 1. The largest absolute Gasteiger partial charge is 0.507 e. The number of piperazine rings is 1. The highest BCUT2D eigenvalue weighted by Gasteiger charge is 2.34. The van der Waals surface area contributed by atoms with E-state index in [1.807, 2.05) is 31.2 Å². The molecule has 1 saturated heterocycles. The third-order valence-corrected chi connectivity index (χ3v) is 5.62. The molecule has 0 spiro atoms. The van der Waals surface area contributed by atoms with Crippen LogP contribution in [0.5, 0.6) is 17.2 Å². The molecule has 1 N–H and O–H groups in total. The second kappa shape index (κ2) is 7.89. The summed E-state index contributed by atoms with van der Waals surface area (Å²) < 4.78 is 11.4. The number of benzene rings is 2. The van der Waals surface area contributed by atoms with Crippen molar-refractivity contribution >= 4 is 11.9 Å². The number of carbonyl (C=O) groups excluding carboxylic acids is 1. The van der Waals surface area contributed by atoms with E-state index in [2.05, 4.69) is 16.8 Å². The number of hydrogen-bond donors (Lipinski definition) is 1. The van der Waals surface area contributed by atoms with Gasteiger partial charge in [-0.3, -0.25) is 9.69 Å². The fourth-order valence-corrected chi connectivity index (χ4v) is 3.89. The molecule has 2 heterocycles. The number of phenolic OH excluding ortho intramolecular Hbond substituents is 1. The molecule has 0 unspecified atom stereocenters. The van der Waals surface area contributed by atoms with E-state index < -0.39 is 0 Å². The number of aromatic hydroxyl groups is 1. The van der Waals surface area contributed by atoms with Crippen molar-refractivity contribution in [1.82, 2.24) is 9.80 Å². The van der Waals surface area contributed by atoms with Crippen molar-refractivity contribution in [1.29, 1.82) is 0 Å². The summed E-state index contributed by atoms with van der Waals surface area (Å²) in [6.07, 6.45) is 1.71. The first kappa shape index (κ1) is 19.5. The predicted octanol–water partition coefficient (Wildman–Crippen LogP) is 3.07. The van der Waals surface area contributed by atoms with Gasteiger partial charge in [-0.1, -0.05) is 18.2 Å². The Morgan fingerprint density at radius 3 is 2.66 bits per heavy atom. The number of likely N-dealkylation sites (N-methyl/N-ethyl adjacent to an activating group) is 1. The van der Waals surface area contributed by atoms with Crippen LogP contribution in [0.1, 0.15) is 27.0 Å². The van der Waals surface area contributed by atoms with Gasteiger partial charge in [-0.2, -0.15) is 0 Å². The lowest BCUT2D eigenvalue weighted by molar-refractivity contribution is 0.101. The van der Waals surface area contributed by atoms with Gasteiger partial charge in [0.15, 0.2) is 5.76 Å². The lowest BCUT2D eigenvalue weighted by Gasteiger charge is -2.32. The number of methoxy groups -OCH3 is 1. The van der Waals surface area contributed by atoms with Gasteiger partial charge in [-0.15, -0.1) is 0 Å². The standard InChI is InChI=1S/C23H26N2O4/c1-15-12-18(26)17(14-25-10-8-24(2)9-11-25)23-21(15)22(27)20(29-23)13-16-6-4-5-7-19(16)28-3/h4-7,12-13,26H,8-11,14H2,1-3H3/b20-13-. The van der Waals surface area contributed by atoms with Crippen LogP contribution >= 0.6 is 0 Å². The number of para-hydroxylation sites is 1. The number of rotatable bonds is 4. The first-order valence-electron chi connectivity index (χ1n) is 9.81. The number of nitrogens with zero attached hydrogens (tertiary/aromatic N) is 2. The zero-order valence-electron chi connectivity index (χ0n) is 17.1. The van der Waals surface area contributed by atoms with E-state index in [4.69, 9.17) is 9.47 Å². The fourth-order valence-electron chi connectivity index (χ4n) is 3.89. The molecule has 29 heavy (non-hydrogen) atoms. The van der Waals surface area contributed by atoms with Crippen molar-refractivity contribution in [3.8, 4) is 17.2 Å². The Labute approximate surface area is 171 Å². The summed E-state index contributed by atoms with van der Waals surface area (Å²) in [5, 5.41) is 10.6. The minimum Gasteiger partial charge on any atom is -0.507 e. The SMILES string of the molecule is COc1ccccc1/C=C1\Oc2c(CN3CCN(C)CC3)c(O)cc(C)c2C1=O. The smallest absolute Gasteiger partial charge is 0.232 e. The maximum absolute atomic E-state index is 13.1. The molecule has 0 aliphatic carbocycles. The zero-order valence-corrected chi connectivity index (χ0v) is 17.1. The number of ether oxygens (including phenoxy) is 2. The minimum atomic E-state index is -0.164. The van der Waals surface area contributed by atoms with Gasteiger partial charge in [0, 0.05) is 38.3 Å². The monoisotopic (exact) mass is 394 g/mol. The summed E-state index contributed by atoms with van der Waals surface area (Å²) in [4.78, 5) is 17.6. The van der Waals surface area contributed by atoms with Crippen molar-refractivity contribution in [2.75, 3.05) is 40.3 Å². The van der Waals surface area contributed by atoms with Crippen LogP contribution < -0.4 is 9.47 Å². The summed E-state index contributed by atoms with van der Waals surface area (Å²) >= 11 is 0. The van der Waals surface area contributed by atoms with Gasteiger partial charge in [0.05, 0.1) is 18.2 Å². The first-order valence-corrected chi connectivity index (χ1v) is 9.81.